The first-order chi connectivity index (χ1) is 8.27. The maximum Gasteiger partial charge on any atom is 0.356 e. The number of carbonyl (C=O) groups is 1. The predicted octanol–water partition coefficient (Wildman–Crippen LogP) is 1.95. The summed E-state index contributed by atoms with van der Waals surface area (Å²) in [5.41, 5.74) is 0.0181. The molecule has 1 saturated heterocycles. The van der Waals surface area contributed by atoms with Gasteiger partial charge in [-0.05, 0) is 12.8 Å². The molecule has 1 aliphatic heterocycles. The molecule has 1 fully saturated rings. The number of nitrogens with zero attached hydrogens (tertiary/aromatic N) is 3. The van der Waals surface area contributed by atoms with E-state index in [4.69, 9.17) is 5.11 Å². The minimum absolute atomic E-state index is 0.0181. The summed E-state index contributed by atoms with van der Waals surface area (Å²) >= 11 is 0. The van der Waals surface area contributed by atoms with Crippen LogP contribution in [0, 0.1) is 0 Å². The van der Waals surface area contributed by atoms with Crippen molar-refractivity contribution in [2.24, 2.45) is 0 Å². The lowest BCUT2D eigenvalue weighted by Crippen LogP contribution is -2.28. The van der Waals surface area contributed by atoms with E-state index in [1.54, 1.807) is 6.20 Å². The number of rotatable bonds is 2. The predicted molar refractivity (Wildman–Crippen MR) is 64.3 cm³/mol. The Kier molecular flexibility index (Phi) is 3.90. The summed E-state index contributed by atoms with van der Waals surface area (Å²) in [6, 6.07) is 0. The molecule has 5 nitrogen and oxygen atoms in total. The molecule has 1 aliphatic rings. The van der Waals surface area contributed by atoms with Crippen molar-refractivity contribution in [1.82, 2.24) is 9.97 Å². The number of carboxylic acids is 1. The molecule has 2 rings (SSSR count). The number of hydrogen-bond donors (Lipinski definition) is 1. The standard InChI is InChI=1S/C12H17N3O2/c16-12(17)10-8-13-9-11(14-10)15-6-4-2-1-3-5-7-15/h8-9H,1-7H2,(H,16,17). The van der Waals surface area contributed by atoms with Gasteiger partial charge in [0.2, 0.25) is 0 Å². The Balaban J connectivity index is 2.13. The van der Waals surface area contributed by atoms with Gasteiger partial charge in [0.05, 0.1) is 12.4 Å². The van der Waals surface area contributed by atoms with Gasteiger partial charge in [0.1, 0.15) is 5.82 Å². The summed E-state index contributed by atoms with van der Waals surface area (Å²) in [6.45, 7) is 1.88. The van der Waals surface area contributed by atoms with E-state index in [9.17, 15) is 4.79 Å². The average molecular weight is 235 g/mol. The Hall–Kier alpha value is -1.65. The van der Waals surface area contributed by atoms with Gasteiger partial charge in [-0.15, -0.1) is 0 Å². The summed E-state index contributed by atoms with van der Waals surface area (Å²) in [5, 5.41) is 8.89. The molecule has 1 N–H and O–H groups in total. The lowest BCUT2D eigenvalue weighted by molar-refractivity contribution is 0.0690. The number of anilines is 1. The van der Waals surface area contributed by atoms with Crippen molar-refractivity contribution in [3.05, 3.63) is 18.1 Å². The van der Waals surface area contributed by atoms with E-state index in [0.29, 0.717) is 5.82 Å². The highest BCUT2D eigenvalue weighted by molar-refractivity contribution is 5.85. The van der Waals surface area contributed by atoms with Gasteiger partial charge in [-0.1, -0.05) is 19.3 Å². The van der Waals surface area contributed by atoms with Crippen LogP contribution in [0.25, 0.3) is 0 Å². The molecule has 1 aromatic heterocycles. The lowest BCUT2D eigenvalue weighted by Gasteiger charge is -2.25. The Bertz CT molecular complexity index is 387. The highest BCUT2D eigenvalue weighted by atomic mass is 16.4. The van der Waals surface area contributed by atoms with Gasteiger partial charge < -0.3 is 10.0 Å². The van der Waals surface area contributed by atoms with Crippen molar-refractivity contribution in [3.63, 3.8) is 0 Å². The highest BCUT2D eigenvalue weighted by Crippen LogP contribution is 2.16. The summed E-state index contributed by atoms with van der Waals surface area (Å²) < 4.78 is 0. The third-order valence-electron chi connectivity index (χ3n) is 3.02. The van der Waals surface area contributed by atoms with Gasteiger partial charge in [0, 0.05) is 13.1 Å². The minimum atomic E-state index is -1.02. The van der Waals surface area contributed by atoms with Crippen molar-refractivity contribution in [1.29, 1.82) is 0 Å². The van der Waals surface area contributed by atoms with Crippen LogP contribution >= 0.6 is 0 Å². The molecule has 0 aliphatic carbocycles. The van der Waals surface area contributed by atoms with E-state index in [1.807, 2.05) is 0 Å². The molecule has 5 heteroatoms. The van der Waals surface area contributed by atoms with Crippen LogP contribution in [0.4, 0.5) is 5.82 Å². The quantitative estimate of drug-likeness (QED) is 0.848. The van der Waals surface area contributed by atoms with Crippen LogP contribution in [-0.2, 0) is 0 Å². The van der Waals surface area contributed by atoms with E-state index in [-0.39, 0.29) is 5.69 Å². The molecule has 0 saturated carbocycles. The molecule has 2 heterocycles. The van der Waals surface area contributed by atoms with Gasteiger partial charge in [-0.3, -0.25) is 4.98 Å². The van der Waals surface area contributed by atoms with Crippen molar-refractivity contribution >= 4 is 11.8 Å². The van der Waals surface area contributed by atoms with Crippen molar-refractivity contribution in [2.45, 2.75) is 32.1 Å². The Labute approximate surface area is 100 Å². The first-order valence-corrected chi connectivity index (χ1v) is 6.07. The zero-order valence-electron chi connectivity index (χ0n) is 9.80. The second-order valence-electron chi connectivity index (χ2n) is 4.32. The fourth-order valence-corrected chi connectivity index (χ4v) is 2.09. The van der Waals surface area contributed by atoms with Crippen LogP contribution in [0.2, 0.25) is 0 Å². The van der Waals surface area contributed by atoms with E-state index in [2.05, 4.69) is 14.9 Å². The van der Waals surface area contributed by atoms with Crippen LogP contribution in [0.1, 0.15) is 42.6 Å². The number of aromatic nitrogens is 2. The maximum absolute atomic E-state index is 10.8. The summed E-state index contributed by atoms with van der Waals surface area (Å²) in [4.78, 5) is 21.1. The van der Waals surface area contributed by atoms with Gasteiger partial charge in [0.15, 0.2) is 5.69 Å². The molecule has 1 aromatic rings. The maximum atomic E-state index is 10.8. The highest BCUT2D eigenvalue weighted by Gasteiger charge is 2.13. The molecule has 17 heavy (non-hydrogen) atoms. The normalized spacial score (nSPS) is 17.3. The molecule has 0 aromatic carbocycles. The Morgan fingerprint density at radius 2 is 1.76 bits per heavy atom. The SMILES string of the molecule is O=C(O)c1cncc(N2CCCCCCC2)n1. The second kappa shape index (κ2) is 5.61. The Morgan fingerprint density at radius 3 is 2.41 bits per heavy atom. The lowest BCUT2D eigenvalue weighted by atomic mass is 10.1. The third-order valence-corrected chi connectivity index (χ3v) is 3.02. The van der Waals surface area contributed by atoms with Crippen LogP contribution in [0.15, 0.2) is 12.4 Å². The van der Waals surface area contributed by atoms with Crippen molar-refractivity contribution in [2.75, 3.05) is 18.0 Å². The third kappa shape index (κ3) is 3.15. The fraction of sp³-hybridized carbons (Fsp3) is 0.583. The van der Waals surface area contributed by atoms with Crippen molar-refractivity contribution in [3.8, 4) is 0 Å². The molecule has 0 atom stereocenters. The second-order valence-corrected chi connectivity index (χ2v) is 4.32. The van der Waals surface area contributed by atoms with Gasteiger partial charge >= 0.3 is 5.97 Å². The smallest absolute Gasteiger partial charge is 0.356 e. The van der Waals surface area contributed by atoms with Crippen LogP contribution in [0.3, 0.4) is 0 Å². The first-order valence-electron chi connectivity index (χ1n) is 6.07. The van der Waals surface area contributed by atoms with Gasteiger partial charge in [-0.25, -0.2) is 9.78 Å². The molecule has 92 valence electrons. The Morgan fingerprint density at radius 1 is 1.12 bits per heavy atom. The molecular formula is C12H17N3O2. The van der Waals surface area contributed by atoms with E-state index in [0.717, 1.165) is 25.9 Å². The monoisotopic (exact) mass is 235 g/mol. The summed E-state index contributed by atoms with van der Waals surface area (Å²) in [7, 11) is 0. The average Bonchev–Trinajstić information content (AvgIpc) is 2.28. The number of hydrogen-bond acceptors (Lipinski definition) is 4. The molecule has 0 amide bonds. The zero-order valence-corrected chi connectivity index (χ0v) is 9.80. The van der Waals surface area contributed by atoms with Gasteiger partial charge in [0.25, 0.3) is 0 Å². The largest absolute Gasteiger partial charge is 0.476 e. The first kappa shape index (κ1) is 11.8. The summed E-state index contributed by atoms with van der Waals surface area (Å²) in [5.74, 6) is -0.335. The number of aromatic carboxylic acids is 1. The van der Waals surface area contributed by atoms with Crippen molar-refractivity contribution < 1.29 is 9.90 Å². The van der Waals surface area contributed by atoms with E-state index >= 15 is 0 Å². The summed E-state index contributed by atoms with van der Waals surface area (Å²) in [6.07, 6.45) is 8.99. The zero-order chi connectivity index (χ0) is 12.1. The molecular weight excluding hydrogens is 218 g/mol. The molecule has 0 spiro atoms. The van der Waals surface area contributed by atoms with Gasteiger partial charge in [-0.2, -0.15) is 0 Å². The van der Waals surface area contributed by atoms with E-state index < -0.39 is 5.97 Å². The van der Waals surface area contributed by atoms with E-state index in [1.165, 1.54) is 25.5 Å². The topological polar surface area (TPSA) is 66.3 Å². The molecule has 0 bridgehead atoms. The van der Waals surface area contributed by atoms with Crippen LogP contribution < -0.4 is 4.90 Å². The number of carboxylic acid groups (broad SMARTS) is 1. The molecule has 0 unspecified atom stereocenters. The minimum Gasteiger partial charge on any atom is -0.476 e. The van der Waals surface area contributed by atoms with Crippen LogP contribution in [-0.4, -0.2) is 34.1 Å². The molecule has 0 radical (unpaired) electrons. The fourth-order valence-electron chi connectivity index (χ4n) is 2.09. The van der Waals surface area contributed by atoms with Crippen LogP contribution in [0.5, 0.6) is 0 Å².